The molecule has 1 saturated heterocycles. The van der Waals surface area contributed by atoms with Crippen molar-refractivity contribution in [2.24, 2.45) is 13.0 Å². The van der Waals surface area contributed by atoms with Gasteiger partial charge < -0.3 is 19.7 Å². The molecular weight excluding hydrogens is 438 g/mol. The van der Waals surface area contributed by atoms with Crippen molar-refractivity contribution in [1.29, 1.82) is 0 Å². The first kappa shape index (κ1) is 24.9. The molecule has 0 radical (unpaired) electrons. The largest absolute Gasteiger partial charge is 0.341 e. The third kappa shape index (κ3) is 5.73. The van der Waals surface area contributed by atoms with Gasteiger partial charge in [-0.1, -0.05) is 44.2 Å². The highest BCUT2D eigenvalue weighted by Gasteiger charge is 2.25. The van der Waals surface area contributed by atoms with Crippen molar-refractivity contribution in [2.75, 3.05) is 38.5 Å². The fraction of sp³-hybridized carbons (Fsp3) is 0.464. The molecule has 2 heterocycles. The van der Waals surface area contributed by atoms with Crippen LogP contribution in [0.4, 0.5) is 5.69 Å². The van der Waals surface area contributed by atoms with E-state index in [1.807, 2.05) is 60.8 Å². The number of carbonyl (C=O) groups is 2. The molecule has 35 heavy (non-hydrogen) atoms. The van der Waals surface area contributed by atoms with Crippen LogP contribution in [0, 0.1) is 5.92 Å². The number of hydrogen-bond acceptors (Lipinski definition) is 4. The summed E-state index contributed by atoms with van der Waals surface area (Å²) in [5.74, 6) is 1.23. The lowest BCUT2D eigenvalue weighted by molar-refractivity contribution is -0.115. The third-order valence-electron chi connectivity index (χ3n) is 7.03. The highest BCUT2D eigenvalue weighted by atomic mass is 16.2. The zero-order chi connectivity index (χ0) is 24.9. The average molecular weight is 476 g/mol. The van der Waals surface area contributed by atoms with E-state index in [9.17, 15) is 9.59 Å². The number of benzene rings is 2. The van der Waals surface area contributed by atoms with Crippen molar-refractivity contribution in [3.63, 3.8) is 0 Å². The van der Waals surface area contributed by atoms with Crippen LogP contribution in [0.2, 0.25) is 0 Å². The number of aryl methyl sites for hydroxylation is 1. The van der Waals surface area contributed by atoms with E-state index >= 15 is 0 Å². The van der Waals surface area contributed by atoms with E-state index in [0.717, 1.165) is 55.0 Å². The average Bonchev–Trinajstić information content (AvgIpc) is 3.18. The number of carbonyl (C=O) groups excluding carboxylic acids is 2. The minimum absolute atomic E-state index is 0.0366. The number of fused-ring (bicyclic) bond motifs is 1. The van der Waals surface area contributed by atoms with Gasteiger partial charge >= 0.3 is 0 Å². The number of amides is 2. The first-order chi connectivity index (χ1) is 16.9. The van der Waals surface area contributed by atoms with Crippen LogP contribution in [0.5, 0.6) is 0 Å². The van der Waals surface area contributed by atoms with Gasteiger partial charge in [0.1, 0.15) is 5.82 Å². The van der Waals surface area contributed by atoms with Crippen LogP contribution < -0.4 is 5.32 Å². The van der Waals surface area contributed by atoms with Crippen LogP contribution in [0.15, 0.2) is 42.5 Å². The Labute approximate surface area is 208 Å². The Morgan fingerprint density at radius 2 is 1.94 bits per heavy atom. The third-order valence-corrected chi connectivity index (χ3v) is 7.03. The number of rotatable bonds is 8. The summed E-state index contributed by atoms with van der Waals surface area (Å²) in [4.78, 5) is 35.1. The summed E-state index contributed by atoms with van der Waals surface area (Å²) in [5.41, 5.74) is 3.88. The second-order valence-corrected chi connectivity index (χ2v) is 9.63. The van der Waals surface area contributed by atoms with Gasteiger partial charge in [-0.3, -0.25) is 9.59 Å². The summed E-state index contributed by atoms with van der Waals surface area (Å²) in [6.07, 6.45) is 3.36. The first-order valence-corrected chi connectivity index (χ1v) is 12.7. The first-order valence-electron chi connectivity index (χ1n) is 12.7. The molecule has 1 fully saturated rings. The second-order valence-electron chi connectivity index (χ2n) is 9.63. The highest BCUT2D eigenvalue weighted by Crippen LogP contribution is 2.27. The van der Waals surface area contributed by atoms with Gasteiger partial charge in [-0.05, 0) is 49.5 Å². The number of piperidine rings is 1. The van der Waals surface area contributed by atoms with Gasteiger partial charge in [0, 0.05) is 45.7 Å². The topological polar surface area (TPSA) is 70.5 Å². The molecule has 0 bridgehead atoms. The zero-order valence-corrected chi connectivity index (χ0v) is 21.4. The fourth-order valence-corrected chi connectivity index (χ4v) is 5.08. The maximum atomic E-state index is 13.8. The predicted octanol–water partition coefficient (Wildman–Crippen LogP) is 4.32. The highest BCUT2D eigenvalue weighted by molar-refractivity contribution is 6.07. The standard InChI is InChI=1S/C28H37N5O2/c1-5-26(34)29-22-16-23(28(35)31(3)18-21-13-10-14-33(6-2)19-21)27-24(17-22)30-25(32(27)4)15-20-11-8-7-9-12-20/h7-9,11-12,16-17,21H,5-6,10,13-15,18-19H2,1-4H3,(H,29,34)/t21-/m1/s1. The number of nitrogens with one attached hydrogen (secondary N) is 1. The molecule has 0 unspecified atom stereocenters. The molecular formula is C28H37N5O2. The molecule has 2 amide bonds. The Hall–Kier alpha value is -3.19. The SMILES string of the molecule is CCC(=O)Nc1cc(C(=O)N(C)C[C@H]2CCCN(CC)C2)c2c(c1)nc(Cc1ccccc1)n2C. The van der Waals surface area contributed by atoms with Crippen molar-refractivity contribution < 1.29 is 9.59 Å². The summed E-state index contributed by atoms with van der Waals surface area (Å²) < 4.78 is 2.02. The van der Waals surface area contributed by atoms with Crippen molar-refractivity contribution in [1.82, 2.24) is 19.4 Å². The fourth-order valence-electron chi connectivity index (χ4n) is 5.08. The summed E-state index contributed by atoms with van der Waals surface area (Å²) in [7, 11) is 3.85. The van der Waals surface area contributed by atoms with Crippen LogP contribution >= 0.6 is 0 Å². The number of anilines is 1. The maximum Gasteiger partial charge on any atom is 0.255 e. The maximum absolute atomic E-state index is 13.8. The molecule has 1 aliphatic heterocycles. The lowest BCUT2D eigenvalue weighted by Crippen LogP contribution is -2.41. The molecule has 1 atom stereocenters. The van der Waals surface area contributed by atoms with Crippen molar-refractivity contribution >= 4 is 28.5 Å². The molecule has 0 spiro atoms. The van der Waals surface area contributed by atoms with Gasteiger partial charge in [-0.25, -0.2) is 4.98 Å². The quantitative estimate of drug-likeness (QED) is 0.527. The van der Waals surface area contributed by atoms with Gasteiger partial charge in [0.05, 0.1) is 16.6 Å². The summed E-state index contributed by atoms with van der Waals surface area (Å²) in [6, 6.07) is 13.9. The Morgan fingerprint density at radius 3 is 2.66 bits per heavy atom. The van der Waals surface area contributed by atoms with E-state index in [-0.39, 0.29) is 11.8 Å². The van der Waals surface area contributed by atoms with E-state index < -0.39 is 0 Å². The molecule has 2 aromatic carbocycles. The van der Waals surface area contributed by atoms with Crippen LogP contribution in [-0.4, -0.2) is 64.4 Å². The van der Waals surface area contributed by atoms with Gasteiger partial charge in [0.25, 0.3) is 5.91 Å². The summed E-state index contributed by atoms with van der Waals surface area (Å²) >= 11 is 0. The molecule has 0 saturated carbocycles. The Morgan fingerprint density at radius 1 is 1.17 bits per heavy atom. The number of aromatic nitrogens is 2. The lowest BCUT2D eigenvalue weighted by atomic mass is 9.97. The molecule has 0 aliphatic carbocycles. The second kappa shape index (κ2) is 11.0. The smallest absolute Gasteiger partial charge is 0.255 e. The number of imidazole rings is 1. The zero-order valence-electron chi connectivity index (χ0n) is 21.4. The van der Waals surface area contributed by atoms with Crippen molar-refractivity contribution in [2.45, 2.75) is 39.5 Å². The number of likely N-dealkylation sites (tertiary alicyclic amines) is 1. The minimum Gasteiger partial charge on any atom is -0.341 e. The Balaban J connectivity index is 1.68. The molecule has 1 N–H and O–H groups in total. The normalized spacial score (nSPS) is 16.4. The molecule has 7 heteroatoms. The van der Waals surface area contributed by atoms with E-state index in [2.05, 4.69) is 29.3 Å². The molecule has 186 valence electrons. The van der Waals surface area contributed by atoms with Crippen molar-refractivity contribution in [3.8, 4) is 0 Å². The molecule has 1 aliphatic rings. The Bertz CT molecular complexity index is 1190. The molecule has 3 aromatic rings. The lowest BCUT2D eigenvalue weighted by Gasteiger charge is -2.34. The van der Waals surface area contributed by atoms with Gasteiger partial charge in [0.2, 0.25) is 5.91 Å². The van der Waals surface area contributed by atoms with Gasteiger partial charge in [0.15, 0.2) is 0 Å². The monoisotopic (exact) mass is 475 g/mol. The Kier molecular flexibility index (Phi) is 7.86. The number of nitrogens with zero attached hydrogens (tertiary/aromatic N) is 4. The van der Waals surface area contributed by atoms with E-state index in [0.29, 0.717) is 30.0 Å². The van der Waals surface area contributed by atoms with Crippen molar-refractivity contribution in [3.05, 3.63) is 59.4 Å². The summed E-state index contributed by atoms with van der Waals surface area (Å²) in [5, 5.41) is 2.93. The van der Waals surface area contributed by atoms with Gasteiger partial charge in [-0.15, -0.1) is 0 Å². The van der Waals surface area contributed by atoms with Gasteiger partial charge in [-0.2, -0.15) is 0 Å². The minimum atomic E-state index is -0.0848. The van der Waals surface area contributed by atoms with Crippen LogP contribution in [0.3, 0.4) is 0 Å². The van der Waals surface area contributed by atoms with Crippen LogP contribution in [0.25, 0.3) is 11.0 Å². The molecule has 1 aromatic heterocycles. The molecule has 4 rings (SSSR count). The molecule has 7 nitrogen and oxygen atoms in total. The van der Waals surface area contributed by atoms with E-state index in [4.69, 9.17) is 4.98 Å². The van der Waals surface area contributed by atoms with E-state index in [1.165, 1.54) is 6.42 Å². The number of hydrogen-bond donors (Lipinski definition) is 1. The van der Waals surface area contributed by atoms with E-state index in [1.54, 1.807) is 0 Å². The predicted molar refractivity (Wildman–Crippen MR) is 141 cm³/mol. The summed E-state index contributed by atoms with van der Waals surface area (Å²) in [6.45, 7) is 7.95. The van der Waals surface area contributed by atoms with Crippen LogP contribution in [-0.2, 0) is 18.3 Å². The van der Waals surface area contributed by atoms with Crippen LogP contribution in [0.1, 0.15) is 54.9 Å².